The normalized spacial score (nSPS) is 13.1. The van der Waals surface area contributed by atoms with E-state index in [9.17, 15) is 4.21 Å². The van der Waals surface area contributed by atoms with Crippen LogP contribution in [0.25, 0.3) is 10.9 Å². The zero-order chi connectivity index (χ0) is 13.1. The van der Waals surface area contributed by atoms with Crippen LogP contribution in [0.15, 0.2) is 24.3 Å². The van der Waals surface area contributed by atoms with Crippen molar-refractivity contribution in [1.29, 1.82) is 0 Å². The molecule has 0 saturated carbocycles. The van der Waals surface area contributed by atoms with E-state index < -0.39 is 11.1 Å². The lowest BCUT2D eigenvalue weighted by Gasteiger charge is -2.08. The Hall–Kier alpha value is -0.550. The molecule has 0 saturated heterocycles. The smallest absolute Gasteiger partial charge is 0.152 e. The van der Waals surface area contributed by atoms with E-state index in [-0.39, 0.29) is 5.75 Å². The first-order chi connectivity index (χ1) is 8.61. The molecule has 1 aromatic heterocycles. The standard InChI is InChI=1S/C12H13Cl2NO2S/c13-8-11-7-9-6-10(14)2-3-12(9)15(11)4-1-5-18(16)17/h2-3,6-7H,1,4-5,8H2,(H,16,17). The summed E-state index contributed by atoms with van der Waals surface area (Å²) in [5, 5.41) is 1.74. The largest absolute Gasteiger partial charge is 0.343 e. The highest BCUT2D eigenvalue weighted by molar-refractivity contribution is 7.79. The van der Waals surface area contributed by atoms with Crippen molar-refractivity contribution in [3.8, 4) is 0 Å². The van der Waals surface area contributed by atoms with Crippen LogP contribution in [0.4, 0.5) is 0 Å². The molecule has 1 unspecified atom stereocenters. The zero-order valence-corrected chi connectivity index (χ0v) is 11.9. The van der Waals surface area contributed by atoms with Crippen molar-refractivity contribution >= 4 is 45.2 Å². The molecule has 1 N–H and O–H groups in total. The number of hydrogen-bond donors (Lipinski definition) is 1. The lowest BCUT2D eigenvalue weighted by atomic mass is 10.2. The summed E-state index contributed by atoms with van der Waals surface area (Å²) in [6.07, 6.45) is 0.638. The fourth-order valence-electron chi connectivity index (χ4n) is 2.02. The highest BCUT2D eigenvalue weighted by atomic mass is 35.5. The Kier molecular flexibility index (Phi) is 4.67. The number of nitrogens with zero attached hydrogens (tertiary/aromatic N) is 1. The van der Waals surface area contributed by atoms with Gasteiger partial charge in [-0.3, -0.25) is 0 Å². The number of halogens is 2. The average Bonchev–Trinajstić information content (AvgIpc) is 2.66. The lowest BCUT2D eigenvalue weighted by molar-refractivity contribution is 0.556. The van der Waals surface area contributed by atoms with Crippen molar-refractivity contribution in [2.75, 3.05) is 5.75 Å². The van der Waals surface area contributed by atoms with E-state index in [2.05, 4.69) is 4.57 Å². The number of alkyl halides is 1. The summed E-state index contributed by atoms with van der Waals surface area (Å²) < 4.78 is 21.5. The van der Waals surface area contributed by atoms with Gasteiger partial charge in [0.15, 0.2) is 11.1 Å². The number of hydrogen-bond acceptors (Lipinski definition) is 1. The van der Waals surface area contributed by atoms with Crippen LogP contribution in [0.2, 0.25) is 5.02 Å². The second kappa shape index (κ2) is 6.06. The highest BCUT2D eigenvalue weighted by Crippen LogP contribution is 2.24. The molecule has 0 amide bonds. The SMILES string of the molecule is O=S(O)CCCn1c(CCl)cc2cc(Cl)ccc21. The molecule has 0 fully saturated rings. The number of aryl methyl sites for hydroxylation is 1. The fourth-order valence-corrected chi connectivity index (χ4v) is 2.80. The molecule has 0 aliphatic heterocycles. The Morgan fingerprint density at radius 2 is 2.11 bits per heavy atom. The second-order valence-electron chi connectivity index (χ2n) is 4.00. The summed E-state index contributed by atoms with van der Waals surface area (Å²) in [7, 11) is 0. The van der Waals surface area contributed by atoms with Crippen molar-refractivity contribution in [2.24, 2.45) is 0 Å². The Balaban J connectivity index is 2.31. The van der Waals surface area contributed by atoms with Gasteiger partial charge in [-0.1, -0.05) is 11.6 Å². The van der Waals surface area contributed by atoms with Gasteiger partial charge in [-0.2, -0.15) is 0 Å². The predicted molar refractivity (Wildman–Crippen MR) is 76.8 cm³/mol. The third kappa shape index (κ3) is 3.06. The summed E-state index contributed by atoms with van der Waals surface area (Å²) in [4.78, 5) is 0. The van der Waals surface area contributed by atoms with Gasteiger partial charge in [0.2, 0.25) is 0 Å². The van der Waals surface area contributed by atoms with Gasteiger partial charge < -0.3 is 9.12 Å². The van der Waals surface area contributed by atoms with Crippen LogP contribution < -0.4 is 0 Å². The molecule has 98 valence electrons. The van der Waals surface area contributed by atoms with Gasteiger partial charge >= 0.3 is 0 Å². The van der Waals surface area contributed by atoms with Crippen LogP contribution in [-0.4, -0.2) is 19.1 Å². The first-order valence-corrected chi connectivity index (χ1v) is 7.71. The van der Waals surface area contributed by atoms with Crippen molar-refractivity contribution < 1.29 is 8.76 Å². The number of fused-ring (bicyclic) bond motifs is 1. The number of rotatable bonds is 5. The summed E-state index contributed by atoms with van der Waals surface area (Å²) in [6, 6.07) is 7.68. The molecule has 0 radical (unpaired) electrons. The van der Waals surface area contributed by atoms with E-state index in [1.54, 1.807) is 0 Å². The van der Waals surface area contributed by atoms with E-state index in [1.165, 1.54) is 0 Å². The van der Waals surface area contributed by atoms with Crippen molar-refractivity contribution in [1.82, 2.24) is 4.57 Å². The molecule has 2 rings (SSSR count). The predicted octanol–water partition coefficient (Wildman–Crippen LogP) is 3.65. The number of benzene rings is 1. The van der Waals surface area contributed by atoms with E-state index in [0.717, 1.165) is 16.6 Å². The quantitative estimate of drug-likeness (QED) is 0.677. The monoisotopic (exact) mass is 305 g/mol. The van der Waals surface area contributed by atoms with E-state index in [4.69, 9.17) is 27.8 Å². The van der Waals surface area contributed by atoms with Crippen molar-refractivity contribution in [3.63, 3.8) is 0 Å². The second-order valence-corrected chi connectivity index (χ2v) is 5.76. The summed E-state index contributed by atoms with van der Waals surface area (Å²) in [5.41, 5.74) is 2.05. The third-order valence-electron chi connectivity index (χ3n) is 2.79. The van der Waals surface area contributed by atoms with Crippen LogP contribution in [0.5, 0.6) is 0 Å². The van der Waals surface area contributed by atoms with Gasteiger partial charge in [0.1, 0.15) is 0 Å². The Morgan fingerprint density at radius 3 is 2.78 bits per heavy atom. The molecule has 1 aromatic carbocycles. The van der Waals surface area contributed by atoms with Gasteiger partial charge in [0.25, 0.3) is 0 Å². The minimum absolute atomic E-state index is 0.273. The summed E-state index contributed by atoms with van der Waals surface area (Å²) in [5.74, 6) is 0.684. The molecular formula is C12H13Cl2NO2S. The maximum absolute atomic E-state index is 10.6. The van der Waals surface area contributed by atoms with Crippen molar-refractivity contribution in [2.45, 2.75) is 18.8 Å². The average molecular weight is 306 g/mol. The first kappa shape index (κ1) is 13.9. The van der Waals surface area contributed by atoms with Crippen LogP contribution in [0, 0.1) is 0 Å². The first-order valence-electron chi connectivity index (χ1n) is 5.53. The lowest BCUT2D eigenvalue weighted by Crippen LogP contribution is -2.05. The molecule has 2 aromatic rings. The maximum atomic E-state index is 10.6. The molecule has 1 heterocycles. The van der Waals surface area contributed by atoms with Gasteiger partial charge in [-0.15, -0.1) is 11.6 Å². The third-order valence-corrected chi connectivity index (χ3v) is 3.93. The summed E-state index contributed by atoms with van der Waals surface area (Å²) >= 11 is 10.1. The van der Waals surface area contributed by atoms with Crippen LogP contribution in [0.1, 0.15) is 12.1 Å². The number of aromatic nitrogens is 1. The van der Waals surface area contributed by atoms with E-state index >= 15 is 0 Å². The van der Waals surface area contributed by atoms with Crippen LogP contribution >= 0.6 is 23.2 Å². The topological polar surface area (TPSA) is 42.2 Å². The molecule has 18 heavy (non-hydrogen) atoms. The Bertz CT molecular complexity index is 583. The van der Waals surface area contributed by atoms with Gasteiger partial charge in [0.05, 0.1) is 11.6 Å². The van der Waals surface area contributed by atoms with Gasteiger partial charge in [-0.25, -0.2) is 4.21 Å². The molecule has 0 spiro atoms. The van der Waals surface area contributed by atoms with E-state index in [0.29, 0.717) is 23.9 Å². The minimum Gasteiger partial charge on any atom is -0.343 e. The molecule has 0 aliphatic rings. The molecule has 0 aliphatic carbocycles. The van der Waals surface area contributed by atoms with Crippen LogP contribution in [0.3, 0.4) is 0 Å². The molecular weight excluding hydrogens is 293 g/mol. The molecule has 6 heteroatoms. The van der Waals surface area contributed by atoms with Gasteiger partial charge in [0, 0.05) is 28.2 Å². The summed E-state index contributed by atoms with van der Waals surface area (Å²) in [6.45, 7) is 0.680. The van der Waals surface area contributed by atoms with E-state index in [1.807, 2.05) is 24.3 Å². The molecule has 0 bridgehead atoms. The highest BCUT2D eigenvalue weighted by Gasteiger charge is 2.08. The zero-order valence-electron chi connectivity index (χ0n) is 9.60. The molecule has 3 nitrogen and oxygen atoms in total. The molecule has 1 atom stereocenters. The van der Waals surface area contributed by atoms with Gasteiger partial charge in [-0.05, 0) is 30.7 Å². The maximum Gasteiger partial charge on any atom is 0.152 e. The van der Waals surface area contributed by atoms with Crippen molar-refractivity contribution in [3.05, 3.63) is 35.0 Å². The minimum atomic E-state index is -1.74. The fraction of sp³-hybridized carbons (Fsp3) is 0.333. The Morgan fingerprint density at radius 1 is 1.33 bits per heavy atom. The van der Waals surface area contributed by atoms with Crippen LogP contribution in [-0.2, 0) is 23.5 Å². The Labute approximate surface area is 118 Å².